The zero-order chi connectivity index (χ0) is 21.1. The fraction of sp³-hybridized carbons (Fsp3) is 0.381. The summed E-state index contributed by atoms with van der Waals surface area (Å²) in [6.07, 6.45) is -0.690. The van der Waals surface area contributed by atoms with E-state index in [2.05, 4.69) is 15.9 Å². The molecule has 1 fully saturated rings. The molecule has 160 valence electrons. The quantitative estimate of drug-likeness (QED) is 0.650. The van der Waals surface area contributed by atoms with Crippen molar-refractivity contribution in [2.24, 2.45) is 0 Å². The van der Waals surface area contributed by atoms with Crippen LogP contribution in [0.2, 0.25) is 0 Å². The minimum Gasteiger partial charge on any atom is -0.477 e. The first-order valence-corrected chi connectivity index (χ1v) is 10.4. The Bertz CT molecular complexity index is 908. The molecule has 6 nitrogen and oxygen atoms in total. The molecule has 2 aromatic rings. The maximum absolute atomic E-state index is 13.0. The Labute approximate surface area is 181 Å². The Hall–Kier alpha value is -2.39. The van der Waals surface area contributed by atoms with Crippen molar-refractivity contribution >= 4 is 27.5 Å². The summed E-state index contributed by atoms with van der Waals surface area (Å²) >= 11 is 3.39. The molecular weight excluding hydrogens is 462 g/mol. The van der Waals surface area contributed by atoms with E-state index in [0.29, 0.717) is 44.2 Å². The number of anilines is 1. The van der Waals surface area contributed by atoms with Gasteiger partial charge in [0.1, 0.15) is 11.5 Å². The molecule has 0 aromatic heterocycles. The molecule has 0 saturated carbocycles. The largest absolute Gasteiger partial charge is 0.477 e. The summed E-state index contributed by atoms with van der Waals surface area (Å²) in [6, 6.07) is 12.3. The molecule has 30 heavy (non-hydrogen) atoms. The van der Waals surface area contributed by atoms with E-state index in [1.807, 2.05) is 23.1 Å². The van der Waals surface area contributed by atoms with Gasteiger partial charge in [0.15, 0.2) is 6.10 Å². The minimum atomic E-state index is -2.92. The number of rotatable bonds is 5. The molecule has 2 aliphatic rings. The third-order valence-corrected chi connectivity index (χ3v) is 5.55. The molecule has 1 amide bonds. The first kappa shape index (κ1) is 20.9. The molecule has 0 bridgehead atoms. The van der Waals surface area contributed by atoms with Crippen molar-refractivity contribution in [1.82, 2.24) is 4.90 Å². The number of fused-ring (bicyclic) bond motifs is 1. The van der Waals surface area contributed by atoms with E-state index in [0.717, 1.165) is 10.2 Å². The Morgan fingerprint density at radius 3 is 2.73 bits per heavy atom. The molecule has 1 unspecified atom stereocenters. The lowest BCUT2D eigenvalue weighted by Crippen LogP contribution is -2.52. The third kappa shape index (κ3) is 4.67. The lowest BCUT2D eigenvalue weighted by Gasteiger charge is -2.38. The molecule has 1 atom stereocenters. The summed E-state index contributed by atoms with van der Waals surface area (Å²) in [5.41, 5.74) is 1.38. The number of hydrogen-bond donors (Lipinski definition) is 0. The second kappa shape index (κ2) is 9.18. The van der Waals surface area contributed by atoms with Gasteiger partial charge in [-0.15, -0.1) is 0 Å². The lowest BCUT2D eigenvalue weighted by atomic mass is 10.1. The van der Waals surface area contributed by atoms with Crippen LogP contribution in [0.1, 0.15) is 5.56 Å². The van der Waals surface area contributed by atoms with Gasteiger partial charge in [0.25, 0.3) is 5.91 Å². The second-order valence-electron chi connectivity index (χ2n) is 7.02. The van der Waals surface area contributed by atoms with Gasteiger partial charge in [0.2, 0.25) is 0 Å². The highest BCUT2D eigenvalue weighted by Gasteiger charge is 2.34. The average Bonchev–Trinajstić information content (AvgIpc) is 2.75. The van der Waals surface area contributed by atoms with E-state index < -0.39 is 12.7 Å². The minimum absolute atomic E-state index is 0.101. The number of ether oxygens (including phenoxy) is 3. The van der Waals surface area contributed by atoms with Gasteiger partial charge in [0.05, 0.1) is 25.4 Å². The number of alkyl halides is 2. The highest BCUT2D eigenvalue weighted by Crippen LogP contribution is 2.36. The van der Waals surface area contributed by atoms with Crippen LogP contribution < -0.4 is 14.4 Å². The first-order valence-electron chi connectivity index (χ1n) is 9.61. The van der Waals surface area contributed by atoms with Gasteiger partial charge >= 0.3 is 6.61 Å². The van der Waals surface area contributed by atoms with Crippen LogP contribution in [-0.4, -0.2) is 56.4 Å². The maximum Gasteiger partial charge on any atom is 0.387 e. The van der Waals surface area contributed by atoms with Gasteiger partial charge in [-0.25, -0.2) is 0 Å². The number of para-hydroxylation sites is 2. The molecule has 2 aromatic carbocycles. The zero-order valence-electron chi connectivity index (χ0n) is 16.1. The summed E-state index contributed by atoms with van der Waals surface area (Å²) in [6.45, 7) is -0.271. The Morgan fingerprint density at radius 1 is 1.20 bits per heavy atom. The summed E-state index contributed by atoms with van der Waals surface area (Å²) in [4.78, 5) is 16.7. The molecule has 2 heterocycles. The predicted molar refractivity (Wildman–Crippen MR) is 110 cm³/mol. The molecule has 0 spiro atoms. The van der Waals surface area contributed by atoms with E-state index >= 15 is 0 Å². The van der Waals surface area contributed by atoms with Crippen molar-refractivity contribution in [3.63, 3.8) is 0 Å². The summed E-state index contributed by atoms with van der Waals surface area (Å²) < 4.78 is 42.5. The van der Waals surface area contributed by atoms with Crippen LogP contribution >= 0.6 is 15.9 Å². The standard InChI is InChI=1S/C21H21BrF2N2O4/c22-15-5-6-17(30-21(23)24)14(11-15)12-26-13-19(20(27)25-7-9-28-10-8-25)29-18-4-2-1-3-16(18)26/h1-6,11,19,21H,7-10,12-13H2. The number of morpholine rings is 1. The van der Waals surface area contributed by atoms with Crippen LogP contribution in [-0.2, 0) is 16.1 Å². The van der Waals surface area contributed by atoms with Gasteiger partial charge in [0, 0.05) is 29.7 Å². The van der Waals surface area contributed by atoms with Gasteiger partial charge in [-0.2, -0.15) is 8.78 Å². The number of carbonyl (C=O) groups is 1. The van der Waals surface area contributed by atoms with Gasteiger partial charge in [-0.3, -0.25) is 4.79 Å². The molecule has 0 N–H and O–H groups in total. The van der Waals surface area contributed by atoms with Gasteiger partial charge < -0.3 is 24.0 Å². The average molecular weight is 483 g/mol. The van der Waals surface area contributed by atoms with E-state index in [9.17, 15) is 13.6 Å². The van der Waals surface area contributed by atoms with Crippen molar-refractivity contribution in [3.8, 4) is 11.5 Å². The van der Waals surface area contributed by atoms with Crippen LogP contribution in [0.4, 0.5) is 14.5 Å². The monoisotopic (exact) mass is 482 g/mol. The summed E-state index contributed by atoms with van der Waals surface area (Å²) in [7, 11) is 0. The van der Waals surface area contributed by atoms with Crippen LogP contribution in [0.5, 0.6) is 11.5 Å². The van der Waals surface area contributed by atoms with E-state index in [-0.39, 0.29) is 18.2 Å². The van der Waals surface area contributed by atoms with Crippen molar-refractivity contribution in [3.05, 3.63) is 52.5 Å². The molecule has 2 aliphatic heterocycles. The Balaban J connectivity index is 1.60. The maximum atomic E-state index is 13.0. The van der Waals surface area contributed by atoms with Crippen molar-refractivity contribution in [2.45, 2.75) is 19.3 Å². The fourth-order valence-electron chi connectivity index (χ4n) is 3.66. The van der Waals surface area contributed by atoms with E-state index in [4.69, 9.17) is 14.2 Å². The molecule has 1 saturated heterocycles. The predicted octanol–water partition coefficient (Wildman–Crippen LogP) is 3.68. The SMILES string of the molecule is O=C(C1CN(Cc2cc(Br)ccc2OC(F)F)c2ccccc2O1)N1CCOCC1. The second-order valence-corrected chi connectivity index (χ2v) is 7.94. The highest BCUT2D eigenvalue weighted by atomic mass is 79.9. The number of benzene rings is 2. The molecule has 9 heteroatoms. The van der Waals surface area contributed by atoms with Gasteiger partial charge in [-0.1, -0.05) is 28.1 Å². The van der Waals surface area contributed by atoms with Crippen molar-refractivity contribution in [2.75, 3.05) is 37.7 Å². The Kier molecular flexibility index (Phi) is 6.38. The Morgan fingerprint density at radius 2 is 1.97 bits per heavy atom. The third-order valence-electron chi connectivity index (χ3n) is 5.06. The summed E-state index contributed by atoms with van der Waals surface area (Å²) in [5, 5.41) is 0. The van der Waals surface area contributed by atoms with Crippen LogP contribution in [0.25, 0.3) is 0 Å². The van der Waals surface area contributed by atoms with Crippen LogP contribution in [0.3, 0.4) is 0 Å². The number of halogens is 3. The topological polar surface area (TPSA) is 51.2 Å². The molecule has 4 rings (SSSR count). The van der Waals surface area contributed by atoms with Crippen LogP contribution in [0.15, 0.2) is 46.9 Å². The zero-order valence-corrected chi connectivity index (χ0v) is 17.7. The van der Waals surface area contributed by atoms with E-state index in [1.54, 1.807) is 23.1 Å². The fourth-order valence-corrected chi connectivity index (χ4v) is 4.07. The molecule has 0 aliphatic carbocycles. The normalized spacial score (nSPS) is 18.7. The number of amides is 1. The number of hydrogen-bond acceptors (Lipinski definition) is 5. The highest BCUT2D eigenvalue weighted by molar-refractivity contribution is 9.10. The number of nitrogens with zero attached hydrogens (tertiary/aromatic N) is 2. The number of carbonyl (C=O) groups excluding carboxylic acids is 1. The van der Waals surface area contributed by atoms with Crippen LogP contribution in [0, 0.1) is 0 Å². The first-order chi connectivity index (χ1) is 14.5. The van der Waals surface area contributed by atoms with Gasteiger partial charge in [-0.05, 0) is 30.3 Å². The summed E-state index contributed by atoms with van der Waals surface area (Å²) in [5.74, 6) is 0.589. The molecular formula is C21H21BrF2N2O4. The molecule has 0 radical (unpaired) electrons. The van der Waals surface area contributed by atoms with Crippen molar-refractivity contribution in [1.29, 1.82) is 0 Å². The van der Waals surface area contributed by atoms with E-state index in [1.165, 1.54) is 6.07 Å². The smallest absolute Gasteiger partial charge is 0.387 e. The van der Waals surface area contributed by atoms with Crippen molar-refractivity contribution < 1.29 is 27.8 Å². The lowest BCUT2D eigenvalue weighted by molar-refractivity contribution is -0.142.